The van der Waals surface area contributed by atoms with Crippen LogP contribution in [0, 0.1) is 0 Å². The summed E-state index contributed by atoms with van der Waals surface area (Å²) in [5.41, 5.74) is 0.853. The molecule has 3 aromatic heterocycles. The number of aliphatic hydroxyl groups excluding tert-OH is 1. The van der Waals surface area contributed by atoms with Crippen molar-refractivity contribution in [2.75, 3.05) is 19.7 Å². The lowest BCUT2D eigenvalue weighted by Crippen LogP contribution is -2.35. The van der Waals surface area contributed by atoms with Crippen LogP contribution in [0.2, 0.25) is 0 Å². The zero-order valence-electron chi connectivity index (χ0n) is 14.0. The van der Waals surface area contributed by atoms with Crippen LogP contribution in [0.5, 0.6) is 0 Å². The van der Waals surface area contributed by atoms with Gasteiger partial charge in [-0.05, 0) is 43.7 Å². The molecule has 132 valence electrons. The molecule has 1 aliphatic rings. The maximum absolute atomic E-state index is 10.3. The number of rotatable bonds is 7. The van der Waals surface area contributed by atoms with E-state index in [0.29, 0.717) is 13.2 Å². The lowest BCUT2D eigenvalue weighted by atomic mass is 10.2. The molecule has 1 aliphatic heterocycles. The fourth-order valence-corrected chi connectivity index (χ4v) is 3.44. The summed E-state index contributed by atoms with van der Waals surface area (Å²) in [6, 6.07) is 9.76. The second-order valence-electron chi connectivity index (χ2n) is 6.39. The van der Waals surface area contributed by atoms with Crippen molar-refractivity contribution in [1.29, 1.82) is 0 Å². The van der Waals surface area contributed by atoms with E-state index in [0.717, 1.165) is 36.6 Å². The number of fused-ring (bicyclic) bond motifs is 1. The van der Waals surface area contributed by atoms with Crippen molar-refractivity contribution >= 4 is 5.65 Å². The molecule has 0 amide bonds. The average molecular weight is 342 g/mol. The first-order valence-electron chi connectivity index (χ1n) is 8.63. The zero-order valence-corrected chi connectivity index (χ0v) is 14.0. The Balaban J connectivity index is 1.36. The first-order chi connectivity index (χ1) is 12.3. The Morgan fingerprint density at radius 1 is 1.28 bits per heavy atom. The standard InChI is InChI=1S/C18H22N4O3/c23-14(12-24-13-15-5-4-10-25-15)11-21-8-3-6-16(21)18-20-19-17-7-1-2-9-22(17)18/h1-2,4-5,7,9-10,14,16,23H,3,6,8,11-13H2/t14-,16+/m1/s1. The Labute approximate surface area is 145 Å². The van der Waals surface area contributed by atoms with Crippen molar-refractivity contribution in [1.82, 2.24) is 19.5 Å². The van der Waals surface area contributed by atoms with Gasteiger partial charge in [0.25, 0.3) is 0 Å². The van der Waals surface area contributed by atoms with Gasteiger partial charge in [-0.2, -0.15) is 0 Å². The third kappa shape index (κ3) is 3.58. The number of aliphatic hydroxyl groups is 1. The van der Waals surface area contributed by atoms with Crippen LogP contribution in [-0.2, 0) is 11.3 Å². The van der Waals surface area contributed by atoms with Crippen LogP contribution >= 0.6 is 0 Å². The first kappa shape index (κ1) is 16.3. The van der Waals surface area contributed by atoms with Crippen molar-refractivity contribution in [3.05, 3.63) is 54.4 Å². The normalized spacial score (nSPS) is 19.6. The van der Waals surface area contributed by atoms with E-state index in [-0.39, 0.29) is 12.6 Å². The highest BCUT2D eigenvalue weighted by molar-refractivity contribution is 5.37. The van der Waals surface area contributed by atoms with Crippen LogP contribution in [0.1, 0.15) is 30.5 Å². The fourth-order valence-electron chi connectivity index (χ4n) is 3.44. The topological polar surface area (TPSA) is 76.0 Å². The van der Waals surface area contributed by atoms with Gasteiger partial charge in [0.1, 0.15) is 12.4 Å². The molecular weight excluding hydrogens is 320 g/mol. The predicted molar refractivity (Wildman–Crippen MR) is 90.9 cm³/mol. The number of likely N-dealkylation sites (tertiary alicyclic amines) is 1. The molecule has 3 aromatic rings. The third-order valence-corrected chi connectivity index (χ3v) is 4.58. The maximum atomic E-state index is 10.3. The van der Waals surface area contributed by atoms with Crippen LogP contribution in [0.3, 0.4) is 0 Å². The summed E-state index contributed by atoms with van der Waals surface area (Å²) in [6.45, 7) is 2.17. The first-order valence-corrected chi connectivity index (χ1v) is 8.63. The van der Waals surface area contributed by atoms with Gasteiger partial charge < -0.3 is 14.3 Å². The second kappa shape index (κ2) is 7.35. The van der Waals surface area contributed by atoms with E-state index in [2.05, 4.69) is 15.1 Å². The minimum Gasteiger partial charge on any atom is -0.467 e. The Hall–Kier alpha value is -2.22. The van der Waals surface area contributed by atoms with E-state index >= 15 is 0 Å². The van der Waals surface area contributed by atoms with Gasteiger partial charge in [-0.25, -0.2) is 0 Å². The van der Waals surface area contributed by atoms with E-state index in [1.165, 1.54) is 0 Å². The molecule has 4 heterocycles. The smallest absolute Gasteiger partial charge is 0.160 e. The largest absolute Gasteiger partial charge is 0.467 e. The van der Waals surface area contributed by atoms with Gasteiger partial charge >= 0.3 is 0 Å². The summed E-state index contributed by atoms with van der Waals surface area (Å²) in [5, 5.41) is 18.9. The van der Waals surface area contributed by atoms with E-state index in [1.54, 1.807) is 6.26 Å². The zero-order chi connectivity index (χ0) is 17.1. The Morgan fingerprint density at radius 3 is 3.12 bits per heavy atom. The highest BCUT2D eigenvalue weighted by atomic mass is 16.5. The number of aromatic nitrogens is 3. The molecule has 0 aromatic carbocycles. The van der Waals surface area contributed by atoms with Gasteiger partial charge in [-0.1, -0.05) is 6.07 Å². The number of nitrogens with zero attached hydrogens (tertiary/aromatic N) is 4. The average Bonchev–Trinajstić information content (AvgIpc) is 3.34. The fraction of sp³-hybridized carbons (Fsp3) is 0.444. The van der Waals surface area contributed by atoms with Gasteiger partial charge in [0.15, 0.2) is 11.5 Å². The number of hydrogen-bond donors (Lipinski definition) is 1. The summed E-state index contributed by atoms with van der Waals surface area (Å²) in [6.07, 6.45) is 5.17. The van der Waals surface area contributed by atoms with Crippen molar-refractivity contribution in [2.24, 2.45) is 0 Å². The quantitative estimate of drug-likeness (QED) is 0.708. The highest BCUT2D eigenvalue weighted by Gasteiger charge is 2.31. The molecule has 25 heavy (non-hydrogen) atoms. The molecule has 7 nitrogen and oxygen atoms in total. The molecule has 0 radical (unpaired) electrons. The SMILES string of the molecule is O[C@@H](COCc1ccco1)CN1CCC[C@H]1c1nnc2ccccn12. The van der Waals surface area contributed by atoms with E-state index < -0.39 is 6.10 Å². The molecule has 0 aliphatic carbocycles. The molecule has 1 fully saturated rings. The van der Waals surface area contributed by atoms with Crippen LogP contribution in [0.25, 0.3) is 5.65 Å². The number of hydrogen-bond acceptors (Lipinski definition) is 6. The van der Waals surface area contributed by atoms with E-state index in [4.69, 9.17) is 9.15 Å². The van der Waals surface area contributed by atoms with Crippen LogP contribution < -0.4 is 0 Å². The monoisotopic (exact) mass is 342 g/mol. The van der Waals surface area contributed by atoms with Crippen LogP contribution in [-0.4, -0.2) is 50.4 Å². The summed E-state index contributed by atoms with van der Waals surface area (Å²) >= 11 is 0. The van der Waals surface area contributed by atoms with Gasteiger partial charge in [0.05, 0.1) is 25.0 Å². The Kier molecular flexibility index (Phi) is 4.78. The highest BCUT2D eigenvalue weighted by Crippen LogP contribution is 2.31. The Morgan fingerprint density at radius 2 is 2.24 bits per heavy atom. The van der Waals surface area contributed by atoms with Crippen LogP contribution in [0.4, 0.5) is 0 Å². The van der Waals surface area contributed by atoms with Crippen molar-refractivity contribution in [3.63, 3.8) is 0 Å². The number of furan rings is 1. The van der Waals surface area contributed by atoms with Crippen LogP contribution in [0.15, 0.2) is 47.2 Å². The van der Waals surface area contributed by atoms with Gasteiger partial charge in [-0.3, -0.25) is 9.30 Å². The van der Waals surface area contributed by atoms with Crippen molar-refractivity contribution < 1.29 is 14.3 Å². The van der Waals surface area contributed by atoms with Crippen molar-refractivity contribution in [3.8, 4) is 0 Å². The molecule has 7 heteroatoms. The summed E-state index contributed by atoms with van der Waals surface area (Å²) < 4.78 is 12.8. The number of ether oxygens (including phenoxy) is 1. The molecule has 0 spiro atoms. The maximum Gasteiger partial charge on any atom is 0.160 e. The van der Waals surface area contributed by atoms with Gasteiger partial charge in [0, 0.05) is 12.7 Å². The second-order valence-corrected chi connectivity index (χ2v) is 6.39. The molecule has 2 atom stereocenters. The molecule has 1 saturated heterocycles. The van der Waals surface area contributed by atoms with E-state index in [9.17, 15) is 5.11 Å². The van der Waals surface area contributed by atoms with E-state index in [1.807, 2.05) is 40.9 Å². The lowest BCUT2D eigenvalue weighted by Gasteiger charge is -2.25. The molecule has 0 saturated carbocycles. The molecular formula is C18H22N4O3. The van der Waals surface area contributed by atoms with Gasteiger partial charge in [0.2, 0.25) is 0 Å². The number of β-amino-alcohol motifs (C(OH)–C–C–N with tert-alkyl or cyclic N) is 1. The molecule has 0 unspecified atom stereocenters. The minimum absolute atomic E-state index is 0.178. The molecule has 0 bridgehead atoms. The van der Waals surface area contributed by atoms with Crippen molar-refractivity contribution in [2.45, 2.75) is 31.6 Å². The summed E-state index contributed by atoms with van der Waals surface area (Å²) in [5.74, 6) is 1.71. The summed E-state index contributed by atoms with van der Waals surface area (Å²) in [4.78, 5) is 2.27. The third-order valence-electron chi connectivity index (χ3n) is 4.58. The molecule has 4 rings (SSSR count). The molecule has 1 N–H and O–H groups in total. The Bertz CT molecular complexity index is 802. The predicted octanol–water partition coefficient (Wildman–Crippen LogP) is 2.04. The number of pyridine rings is 1. The lowest BCUT2D eigenvalue weighted by molar-refractivity contribution is 0.00258. The summed E-state index contributed by atoms with van der Waals surface area (Å²) in [7, 11) is 0. The van der Waals surface area contributed by atoms with Gasteiger partial charge in [-0.15, -0.1) is 10.2 Å². The minimum atomic E-state index is -0.547.